The first kappa shape index (κ1) is 19.9. The lowest BCUT2D eigenvalue weighted by Gasteiger charge is -2.34. The van der Waals surface area contributed by atoms with E-state index in [1.807, 2.05) is 30.3 Å². The van der Waals surface area contributed by atoms with Crippen LogP contribution in [0.5, 0.6) is 11.5 Å². The van der Waals surface area contributed by atoms with Crippen molar-refractivity contribution in [3.05, 3.63) is 59.2 Å². The van der Waals surface area contributed by atoms with Crippen LogP contribution in [0.4, 0.5) is 4.39 Å². The van der Waals surface area contributed by atoms with Gasteiger partial charge in [-0.3, -0.25) is 9.69 Å². The fourth-order valence-corrected chi connectivity index (χ4v) is 4.75. The summed E-state index contributed by atoms with van der Waals surface area (Å²) in [6.07, 6.45) is 3.76. The second kappa shape index (κ2) is 8.15. The van der Waals surface area contributed by atoms with Gasteiger partial charge in [0.25, 0.3) is 0 Å². The summed E-state index contributed by atoms with van der Waals surface area (Å²) >= 11 is 0. The number of benzene rings is 2. The Kier molecular flexibility index (Phi) is 5.59. The lowest BCUT2D eigenvalue weighted by Crippen LogP contribution is -2.48. The smallest absolute Gasteiger partial charge is 0.202 e. The van der Waals surface area contributed by atoms with Crippen LogP contribution < -0.4 is 9.47 Å². The van der Waals surface area contributed by atoms with E-state index in [-0.39, 0.29) is 6.54 Å². The normalized spacial score (nSPS) is 24.4. The number of hydrogen-bond acceptors (Lipinski definition) is 4. The quantitative estimate of drug-likeness (QED) is 0.723. The van der Waals surface area contributed by atoms with E-state index in [1.54, 1.807) is 19.2 Å². The highest BCUT2D eigenvalue weighted by Crippen LogP contribution is 2.49. The Morgan fingerprint density at radius 3 is 2.34 bits per heavy atom. The summed E-state index contributed by atoms with van der Waals surface area (Å²) in [5, 5.41) is 0. The Morgan fingerprint density at radius 2 is 1.69 bits per heavy atom. The number of nitrogens with zero attached hydrogens (tertiary/aromatic N) is 1. The second-order valence-electron chi connectivity index (χ2n) is 8.07. The minimum Gasteiger partial charge on any atom is -0.493 e. The zero-order valence-corrected chi connectivity index (χ0v) is 17.1. The van der Waals surface area contributed by atoms with Crippen molar-refractivity contribution in [2.24, 2.45) is 0 Å². The van der Waals surface area contributed by atoms with Crippen LogP contribution in [0.15, 0.2) is 42.5 Å². The monoisotopic (exact) mass is 397 g/mol. The zero-order chi connectivity index (χ0) is 20.4. The van der Waals surface area contributed by atoms with Crippen molar-refractivity contribution in [1.82, 2.24) is 4.90 Å². The number of alkyl halides is 1. The minimum absolute atomic E-state index is 0.142. The highest BCUT2D eigenvalue weighted by molar-refractivity contribution is 6.08. The first-order valence-electron chi connectivity index (χ1n) is 10.3. The van der Waals surface area contributed by atoms with Crippen LogP contribution in [0.3, 0.4) is 0 Å². The van der Waals surface area contributed by atoms with Gasteiger partial charge in [0, 0.05) is 18.0 Å². The van der Waals surface area contributed by atoms with Crippen LogP contribution in [-0.4, -0.2) is 50.2 Å². The first-order chi connectivity index (χ1) is 14.1. The molecule has 5 heteroatoms. The number of likely N-dealkylation sites (tertiary alicyclic amines) is 1. The van der Waals surface area contributed by atoms with Crippen LogP contribution in [0, 0.1) is 0 Å². The lowest BCUT2D eigenvalue weighted by atomic mass is 9.83. The molecule has 2 aromatic rings. The number of ether oxygens (including phenoxy) is 2. The molecule has 1 saturated heterocycles. The van der Waals surface area contributed by atoms with Crippen LogP contribution in [0.25, 0.3) is 0 Å². The maximum atomic E-state index is 16.6. The van der Waals surface area contributed by atoms with E-state index >= 15 is 4.39 Å². The predicted molar refractivity (Wildman–Crippen MR) is 111 cm³/mol. The number of Topliss-reactive ketones (excluding diaryl/α,β-unsaturated/α-hetero) is 1. The van der Waals surface area contributed by atoms with E-state index < -0.39 is 17.4 Å². The predicted octanol–water partition coefficient (Wildman–Crippen LogP) is 4.42. The van der Waals surface area contributed by atoms with Gasteiger partial charge in [0.2, 0.25) is 5.78 Å². The largest absolute Gasteiger partial charge is 0.493 e. The third kappa shape index (κ3) is 3.64. The summed E-state index contributed by atoms with van der Waals surface area (Å²) in [6, 6.07) is 13.3. The third-order valence-electron chi connectivity index (χ3n) is 6.29. The van der Waals surface area contributed by atoms with Crippen molar-refractivity contribution in [3.8, 4) is 11.5 Å². The number of ketones is 1. The van der Waals surface area contributed by atoms with E-state index in [4.69, 9.17) is 9.47 Å². The maximum absolute atomic E-state index is 16.6. The first-order valence-corrected chi connectivity index (χ1v) is 10.3. The van der Waals surface area contributed by atoms with Gasteiger partial charge >= 0.3 is 0 Å². The molecule has 2 aromatic carbocycles. The second-order valence-corrected chi connectivity index (χ2v) is 8.07. The molecule has 2 aliphatic rings. The summed E-state index contributed by atoms with van der Waals surface area (Å²) in [4.78, 5) is 15.5. The van der Waals surface area contributed by atoms with Gasteiger partial charge in [0.15, 0.2) is 17.2 Å². The molecule has 0 aromatic heterocycles. The minimum atomic E-state index is -1.95. The molecule has 0 amide bonds. The lowest BCUT2D eigenvalue weighted by molar-refractivity contribution is 0.0461. The molecule has 0 bridgehead atoms. The Morgan fingerprint density at radius 1 is 1.03 bits per heavy atom. The van der Waals surface area contributed by atoms with Crippen molar-refractivity contribution in [2.75, 3.05) is 33.9 Å². The summed E-state index contributed by atoms with van der Waals surface area (Å²) in [6.45, 7) is 1.84. The summed E-state index contributed by atoms with van der Waals surface area (Å²) in [5.74, 6) is 0.00806. The number of piperidine rings is 1. The summed E-state index contributed by atoms with van der Waals surface area (Å²) in [5.41, 5.74) is 0.208. The molecule has 0 radical (unpaired) electrons. The zero-order valence-electron chi connectivity index (χ0n) is 17.1. The van der Waals surface area contributed by atoms with E-state index in [0.29, 0.717) is 23.5 Å². The average molecular weight is 397 g/mol. The molecule has 1 aliphatic carbocycles. The van der Waals surface area contributed by atoms with Crippen LogP contribution in [-0.2, 0) is 6.42 Å². The molecule has 4 nitrogen and oxygen atoms in total. The molecule has 0 saturated carbocycles. The highest BCUT2D eigenvalue weighted by Gasteiger charge is 2.55. The molecule has 1 aliphatic heterocycles. The molecule has 1 heterocycles. The van der Waals surface area contributed by atoms with Crippen molar-refractivity contribution >= 4 is 5.78 Å². The average Bonchev–Trinajstić information content (AvgIpc) is 2.95. The molecule has 2 unspecified atom stereocenters. The van der Waals surface area contributed by atoms with Gasteiger partial charge in [-0.1, -0.05) is 36.8 Å². The summed E-state index contributed by atoms with van der Waals surface area (Å²) < 4.78 is 27.4. The number of hydrogen-bond donors (Lipinski definition) is 0. The Balaban J connectivity index is 1.76. The van der Waals surface area contributed by atoms with Gasteiger partial charge in [-0.05, 0) is 55.6 Å². The number of carbonyl (C=O) groups excluding carboxylic acids is 1. The van der Waals surface area contributed by atoms with Crippen molar-refractivity contribution in [1.29, 1.82) is 0 Å². The number of fused-ring (bicyclic) bond motifs is 1. The molecule has 1 fully saturated rings. The van der Waals surface area contributed by atoms with Crippen LogP contribution >= 0.6 is 0 Å². The Bertz CT molecular complexity index is 879. The van der Waals surface area contributed by atoms with Gasteiger partial charge in [0.05, 0.1) is 14.2 Å². The fraction of sp³-hybridized carbons (Fsp3) is 0.458. The van der Waals surface area contributed by atoms with E-state index in [1.165, 1.54) is 13.5 Å². The van der Waals surface area contributed by atoms with Gasteiger partial charge in [0.1, 0.15) is 0 Å². The van der Waals surface area contributed by atoms with Crippen molar-refractivity contribution in [2.45, 2.75) is 37.3 Å². The Labute approximate surface area is 171 Å². The van der Waals surface area contributed by atoms with Crippen molar-refractivity contribution in [3.63, 3.8) is 0 Å². The molecule has 154 valence electrons. The molecule has 4 rings (SSSR count). The SMILES string of the molecule is COc1cc2c(cc1OC)C(Cc1ccccc1)C(F)(CN1CCCCC1)C2=O. The molecular formula is C24H28FNO3. The molecule has 29 heavy (non-hydrogen) atoms. The highest BCUT2D eigenvalue weighted by atomic mass is 19.1. The fourth-order valence-electron chi connectivity index (χ4n) is 4.75. The number of methoxy groups -OCH3 is 2. The number of halogens is 1. The maximum Gasteiger partial charge on any atom is 0.202 e. The van der Waals surface area contributed by atoms with E-state index in [9.17, 15) is 4.79 Å². The summed E-state index contributed by atoms with van der Waals surface area (Å²) in [7, 11) is 3.09. The van der Waals surface area contributed by atoms with Gasteiger partial charge in [-0.2, -0.15) is 0 Å². The van der Waals surface area contributed by atoms with Gasteiger partial charge in [-0.25, -0.2) is 4.39 Å². The van der Waals surface area contributed by atoms with Crippen LogP contribution in [0.1, 0.15) is 46.7 Å². The van der Waals surface area contributed by atoms with Gasteiger partial charge in [-0.15, -0.1) is 0 Å². The topological polar surface area (TPSA) is 38.8 Å². The Hall–Kier alpha value is -2.40. The molecule has 0 N–H and O–H groups in total. The van der Waals surface area contributed by atoms with E-state index in [0.717, 1.165) is 37.1 Å². The number of carbonyl (C=O) groups is 1. The van der Waals surface area contributed by atoms with Crippen molar-refractivity contribution < 1.29 is 18.7 Å². The molecule has 2 atom stereocenters. The molecule has 0 spiro atoms. The standard InChI is InChI=1S/C24H28FNO3/c1-28-21-14-18-19(15-22(21)29-2)23(27)24(25,16-26-11-7-4-8-12-26)20(18)13-17-9-5-3-6-10-17/h3,5-6,9-10,14-15,20H,4,7-8,11-13,16H2,1-2H3. The third-order valence-corrected chi connectivity index (χ3v) is 6.29. The number of rotatable bonds is 6. The molecular weight excluding hydrogens is 369 g/mol. The van der Waals surface area contributed by atoms with E-state index in [2.05, 4.69) is 4.90 Å². The van der Waals surface area contributed by atoms with Gasteiger partial charge < -0.3 is 9.47 Å². The van der Waals surface area contributed by atoms with Crippen LogP contribution in [0.2, 0.25) is 0 Å².